The van der Waals surface area contributed by atoms with Gasteiger partial charge in [-0.3, -0.25) is 4.79 Å². The van der Waals surface area contributed by atoms with Crippen molar-refractivity contribution in [2.24, 2.45) is 5.73 Å². The van der Waals surface area contributed by atoms with Crippen LogP contribution >= 0.6 is 12.4 Å². The first kappa shape index (κ1) is 14.2. The van der Waals surface area contributed by atoms with Crippen LogP contribution in [0.2, 0.25) is 0 Å². The number of rotatable bonds is 6. The molecular formula is C7H17ClN2O2. The molecule has 0 radical (unpaired) electrons. The largest absolute Gasteiger partial charge is 0.480 e. The number of nitrogens with one attached hydrogen (secondary N) is 1. The maximum atomic E-state index is 10.4. The molecular weight excluding hydrogens is 180 g/mol. The molecule has 0 rings (SSSR count). The Morgan fingerprint density at radius 1 is 1.58 bits per heavy atom. The molecule has 0 aliphatic rings. The van der Waals surface area contributed by atoms with E-state index in [-0.39, 0.29) is 12.4 Å². The summed E-state index contributed by atoms with van der Waals surface area (Å²) in [4.78, 5) is 10.4. The summed E-state index contributed by atoms with van der Waals surface area (Å²) in [6.45, 7) is 0.635. The first-order valence-corrected chi connectivity index (χ1v) is 3.82. The molecule has 0 aromatic carbocycles. The van der Waals surface area contributed by atoms with Gasteiger partial charge in [-0.15, -0.1) is 12.4 Å². The second kappa shape index (κ2) is 8.77. The van der Waals surface area contributed by atoms with Gasteiger partial charge in [0.05, 0.1) is 0 Å². The van der Waals surface area contributed by atoms with Crippen LogP contribution in [0.4, 0.5) is 0 Å². The van der Waals surface area contributed by atoms with Crippen molar-refractivity contribution >= 4 is 18.4 Å². The number of hydrogen-bond donors (Lipinski definition) is 3. The van der Waals surface area contributed by atoms with Crippen molar-refractivity contribution in [2.75, 3.05) is 13.6 Å². The smallest absolute Gasteiger partial charge is 0.320 e. The normalized spacial score (nSPS) is 11.8. The number of carboxylic acid groups (broad SMARTS) is 1. The molecule has 0 fully saturated rings. The fourth-order valence-electron chi connectivity index (χ4n) is 0.884. The SMILES string of the molecule is CNC(CCCCN)C(=O)O.Cl. The molecule has 74 valence electrons. The van der Waals surface area contributed by atoms with E-state index in [1.54, 1.807) is 7.05 Å². The van der Waals surface area contributed by atoms with E-state index in [1.807, 2.05) is 0 Å². The molecule has 1 unspecified atom stereocenters. The van der Waals surface area contributed by atoms with Crippen LogP contribution in [0.1, 0.15) is 19.3 Å². The summed E-state index contributed by atoms with van der Waals surface area (Å²) in [7, 11) is 1.65. The summed E-state index contributed by atoms with van der Waals surface area (Å²) in [5.74, 6) is -0.787. The average molecular weight is 197 g/mol. The van der Waals surface area contributed by atoms with E-state index < -0.39 is 12.0 Å². The van der Waals surface area contributed by atoms with Gasteiger partial charge in [-0.1, -0.05) is 6.42 Å². The summed E-state index contributed by atoms with van der Waals surface area (Å²) >= 11 is 0. The van der Waals surface area contributed by atoms with Gasteiger partial charge in [0.25, 0.3) is 0 Å². The van der Waals surface area contributed by atoms with Gasteiger partial charge in [-0.25, -0.2) is 0 Å². The quantitative estimate of drug-likeness (QED) is 0.531. The molecule has 12 heavy (non-hydrogen) atoms. The van der Waals surface area contributed by atoms with Crippen molar-refractivity contribution in [1.82, 2.24) is 5.32 Å². The fourth-order valence-corrected chi connectivity index (χ4v) is 0.884. The van der Waals surface area contributed by atoms with Gasteiger partial charge in [0.1, 0.15) is 6.04 Å². The standard InChI is InChI=1S/C7H16N2O2.ClH/c1-9-6(7(10)11)4-2-3-5-8;/h6,9H,2-5,8H2,1H3,(H,10,11);1H. The molecule has 5 heteroatoms. The number of nitrogens with two attached hydrogens (primary N) is 1. The van der Waals surface area contributed by atoms with Crippen LogP contribution in [0.5, 0.6) is 0 Å². The molecule has 0 spiro atoms. The second-order valence-electron chi connectivity index (χ2n) is 2.46. The van der Waals surface area contributed by atoms with Crippen LogP contribution in [-0.2, 0) is 4.79 Å². The third-order valence-corrected chi connectivity index (χ3v) is 1.59. The maximum Gasteiger partial charge on any atom is 0.320 e. The molecule has 0 amide bonds. The lowest BCUT2D eigenvalue weighted by atomic mass is 10.1. The minimum atomic E-state index is -0.787. The highest BCUT2D eigenvalue weighted by molar-refractivity contribution is 5.85. The minimum Gasteiger partial charge on any atom is -0.480 e. The molecule has 0 saturated carbocycles. The van der Waals surface area contributed by atoms with Crippen LogP contribution in [0.15, 0.2) is 0 Å². The van der Waals surface area contributed by atoms with Crippen LogP contribution in [0.25, 0.3) is 0 Å². The highest BCUT2D eigenvalue weighted by Gasteiger charge is 2.12. The minimum absolute atomic E-state index is 0. The number of likely N-dealkylation sites (N-methyl/N-ethyl adjacent to an activating group) is 1. The highest BCUT2D eigenvalue weighted by atomic mass is 35.5. The number of aliphatic carboxylic acids is 1. The lowest BCUT2D eigenvalue weighted by Gasteiger charge is -2.09. The topological polar surface area (TPSA) is 75.3 Å². The molecule has 0 aliphatic heterocycles. The fraction of sp³-hybridized carbons (Fsp3) is 0.857. The molecule has 1 atom stereocenters. The first-order chi connectivity index (χ1) is 5.22. The van der Waals surface area contributed by atoms with Gasteiger partial charge in [0.2, 0.25) is 0 Å². The Kier molecular flexibility index (Phi) is 10.4. The molecule has 0 aliphatic carbocycles. The number of hydrogen-bond acceptors (Lipinski definition) is 3. The van der Waals surface area contributed by atoms with Gasteiger partial charge in [0.15, 0.2) is 0 Å². The average Bonchev–Trinajstić information content (AvgIpc) is 1.97. The zero-order valence-electron chi connectivity index (χ0n) is 7.25. The number of carbonyl (C=O) groups is 1. The van der Waals surface area contributed by atoms with E-state index in [4.69, 9.17) is 10.8 Å². The van der Waals surface area contributed by atoms with E-state index in [0.717, 1.165) is 12.8 Å². The van der Waals surface area contributed by atoms with Gasteiger partial charge >= 0.3 is 5.97 Å². The Hall–Kier alpha value is -0.320. The van der Waals surface area contributed by atoms with Crippen LogP contribution in [0.3, 0.4) is 0 Å². The van der Waals surface area contributed by atoms with Gasteiger partial charge < -0.3 is 16.2 Å². The Bertz CT molecular complexity index is 122. The number of halogens is 1. The molecule has 0 bridgehead atoms. The predicted molar refractivity (Wildman–Crippen MR) is 50.6 cm³/mol. The van der Waals surface area contributed by atoms with E-state index in [0.29, 0.717) is 13.0 Å². The van der Waals surface area contributed by atoms with Crippen molar-refractivity contribution in [2.45, 2.75) is 25.3 Å². The lowest BCUT2D eigenvalue weighted by molar-refractivity contribution is -0.139. The Morgan fingerprint density at radius 3 is 2.50 bits per heavy atom. The van der Waals surface area contributed by atoms with Gasteiger partial charge in [0, 0.05) is 0 Å². The molecule has 0 saturated heterocycles. The monoisotopic (exact) mass is 196 g/mol. The number of carboxylic acids is 1. The third-order valence-electron chi connectivity index (χ3n) is 1.59. The summed E-state index contributed by atoms with van der Waals surface area (Å²) in [6.07, 6.45) is 2.42. The van der Waals surface area contributed by atoms with Crippen molar-refractivity contribution in [3.05, 3.63) is 0 Å². The molecule has 4 N–H and O–H groups in total. The maximum absolute atomic E-state index is 10.4. The third kappa shape index (κ3) is 6.39. The lowest BCUT2D eigenvalue weighted by Crippen LogP contribution is -2.33. The van der Waals surface area contributed by atoms with Crippen LogP contribution < -0.4 is 11.1 Å². The van der Waals surface area contributed by atoms with E-state index >= 15 is 0 Å². The Labute approximate surface area is 78.9 Å². The molecule has 0 aromatic rings. The van der Waals surface area contributed by atoms with E-state index in [2.05, 4.69) is 5.32 Å². The van der Waals surface area contributed by atoms with Crippen LogP contribution in [0, 0.1) is 0 Å². The summed E-state index contributed by atoms with van der Waals surface area (Å²) in [6, 6.07) is -0.415. The summed E-state index contributed by atoms with van der Waals surface area (Å²) in [5, 5.41) is 11.3. The van der Waals surface area contributed by atoms with E-state index in [9.17, 15) is 4.79 Å². The van der Waals surface area contributed by atoms with E-state index in [1.165, 1.54) is 0 Å². The summed E-state index contributed by atoms with van der Waals surface area (Å²) in [5.41, 5.74) is 5.26. The zero-order valence-corrected chi connectivity index (χ0v) is 8.06. The van der Waals surface area contributed by atoms with Crippen LogP contribution in [-0.4, -0.2) is 30.7 Å². The highest BCUT2D eigenvalue weighted by Crippen LogP contribution is 1.99. The van der Waals surface area contributed by atoms with Gasteiger partial charge in [-0.2, -0.15) is 0 Å². The van der Waals surface area contributed by atoms with Crippen molar-refractivity contribution in [3.8, 4) is 0 Å². The Balaban J connectivity index is 0. The van der Waals surface area contributed by atoms with Gasteiger partial charge in [-0.05, 0) is 26.4 Å². The van der Waals surface area contributed by atoms with Crippen molar-refractivity contribution in [1.29, 1.82) is 0 Å². The predicted octanol–water partition coefficient (Wildman–Crippen LogP) is 0.210. The Morgan fingerprint density at radius 2 is 2.17 bits per heavy atom. The van der Waals surface area contributed by atoms with Crippen molar-refractivity contribution in [3.63, 3.8) is 0 Å². The molecule has 0 aromatic heterocycles. The number of unbranched alkanes of at least 4 members (excludes halogenated alkanes) is 1. The molecule has 4 nitrogen and oxygen atoms in total. The summed E-state index contributed by atoms with van der Waals surface area (Å²) < 4.78 is 0. The second-order valence-corrected chi connectivity index (χ2v) is 2.46. The zero-order chi connectivity index (χ0) is 8.69. The van der Waals surface area contributed by atoms with Crippen molar-refractivity contribution < 1.29 is 9.90 Å². The molecule has 0 heterocycles. The first-order valence-electron chi connectivity index (χ1n) is 3.82.